The molecule has 0 saturated heterocycles. The molecule has 0 aliphatic heterocycles. The lowest BCUT2D eigenvalue weighted by atomic mass is 10.1. The summed E-state index contributed by atoms with van der Waals surface area (Å²) in [6.45, 7) is 3.69. The number of anilines is 1. The van der Waals surface area contributed by atoms with Crippen LogP contribution in [0.1, 0.15) is 11.1 Å². The summed E-state index contributed by atoms with van der Waals surface area (Å²) in [6, 6.07) is 16.7. The number of amides is 1. The highest BCUT2D eigenvalue weighted by molar-refractivity contribution is 5.94. The highest BCUT2D eigenvalue weighted by atomic mass is 16.2. The van der Waals surface area contributed by atoms with Crippen molar-refractivity contribution in [3.63, 3.8) is 0 Å². The van der Waals surface area contributed by atoms with Crippen LogP contribution in [0.2, 0.25) is 0 Å². The van der Waals surface area contributed by atoms with E-state index >= 15 is 0 Å². The quantitative estimate of drug-likeness (QED) is 0.874. The second kappa shape index (κ2) is 6.68. The van der Waals surface area contributed by atoms with Crippen molar-refractivity contribution in [2.24, 2.45) is 5.73 Å². The molecule has 3 nitrogen and oxygen atoms in total. The van der Waals surface area contributed by atoms with Crippen molar-refractivity contribution in [3.8, 4) is 0 Å². The summed E-state index contributed by atoms with van der Waals surface area (Å²) in [4.78, 5) is 12.0. The van der Waals surface area contributed by atoms with Crippen LogP contribution in [-0.2, 0) is 11.2 Å². The standard InChI is InChI=1S/C17H18N2O/c1-2-13-8-10-15(11-9-13)19-17(20)16(18)12-14-6-4-3-5-7-14/h2-11,16H,1,12,18H2,(H,19,20)/t16-/m0/s1. The van der Waals surface area contributed by atoms with E-state index in [-0.39, 0.29) is 5.91 Å². The third kappa shape index (κ3) is 3.80. The maximum absolute atomic E-state index is 12.0. The lowest BCUT2D eigenvalue weighted by molar-refractivity contribution is -0.117. The lowest BCUT2D eigenvalue weighted by Gasteiger charge is -2.12. The smallest absolute Gasteiger partial charge is 0.241 e. The van der Waals surface area contributed by atoms with Crippen LogP contribution in [0.4, 0.5) is 5.69 Å². The van der Waals surface area contributed by atoms with Gasteiger partial charge in [0.05, 0.1) is 6.04 Å². The molecule has 1 amide bonds. The van der Waals surface area contributed by atoms with Gasteiger partial charge in [-0.05, 0) is 29.7 Å². The van der Waals surface area contributed by atoms with Gasteiger partial charge in [0, 0.05) is 5.69 Å². The number of rotatable bonds is 5. The molecule has 20 heavy (non-hydrogen) atoms. The van der Waals surface area contributed by atoms with Crippen molar-refractivity contribution in [2.75, 3.05) is 5.32 Å². The van der Waals surface area contributed by atoms with E-state index in [1.165, 1.54) is 0 Å². The van der Waals surface area contributed by atoms with Gasteiger partial charge < -0.3 is 11.1 Å². The first kappa shape index (κ1) is 14.0. The van der Waals surface area contributed by atoms with E-state index < -0.39 is 6.04 Å². The molecule has 3 N–H and O–H groups in total. The van der Waals surface area contributed by atoms with Crippen LogP contribution in [0.3, 0.4) is 0 Å². The Balaban J connectivity index is 1.95. The Hall–Kier alpha value is -2.39. The molecule has 0 aliphatic carbocycles. The first-order chi connectivity index (χ1) is 9.69. The maximum Gasteiger partial charge on any atom is 0.241 e. The van der Waals surface area contributed by atoms with Crippen LogP contribution >= 0.6 is 0 Å². The molecule has 0 radical (unpaired) electrons. The Bertz CT molecular complexity index is 576. The van der Waals surface area contributed by atoms with Crippen LogP contribution < -0.4 is 11.1 Å². The van der Waals surface area contributed by atoms with Crippen LogP contribution in [-0.4, -0.2) is 11.9 Å². The van der Waals surface area contributed by atoms with Crippen molar-refractivity contribution in [1.82, 2.24) is 0 Å². The molecule has 0 fully saturated rings. The second-order valence-electron chi connectivity index (χ2n) is 4.61. The minimum Gasteiger partial charge on any atom is -0.325 e. The first-order valence-electron chi connectivity index (χ1n) is 6.52. The number of carbonyl (C=O) groups excluding carboxylic acids is 1. The summed E-state index contributed by atoms with van der Waals surface area (Å²) in [5.41, 5.74) is 8.73. The summed E-state index contributed by atoms with van der Waals surface area (Å²) >= 11 is 0. The van der Waals surface area contributed by atoms with Crippen LogP contribution in [0.25, 0.3) is 6.08 Å². The van der Waals surface area contributed by atoms with Crippen molar-refractivity contribution in [3.05, 3.63) is 72.3 Å². The lowest BCUT2D eigenvalue weighted by Crippen LogP contribution is -2.37. The van der Waals surface area contributed by atoms with E-state index in [4.69, 9.17) is 5.73 Å². The molecular weight excluding hydrogens is 248 g/mol. The number of nitrogens with two attached hydrogens (primary N) is 1. The van der Waals surface area contributed by atoms with Gasteiger partial charge in [-0.1, -0.05) is 55.1 Å². The van der Waals surface area contributed by atoms with E-state index in [1.807, 2.05) is 54.6 Å². The SMILES string of the molecule is C=Cc1ccc(NC(=O)[C@@H](N)Cc2ccccc2)cc1. The fourth-order valence-corrected chi connectivity index (χ4v) is 1.90. The van der Waals surface area contributed by atoms with Gasteiger partial charge >= 0.3 is 0 Å². The topological polar surface area (TPSA) is 55.1 Å². The van der Waals surface area contributed by atoms with E-state index in [2.05, 4.69) is 11.9 Å². The van der Waals surface area contributed by atoms with Gasteiger partial charge in [0.25, 0.3) is 0 Å². The fourth-order valence-electron chi connectivity index (χ4n) is 1.90. The highest BCUT2D eigenvalue weighted by Crippen LogP contribution is 2.11. The van der Waals surface area contributed by atoms with Crippen molar-refractivity contribution in [2.45, 2.75) is 12.5 Å². The van der Waals surface area contributed by atoms with Crippen LogP contribution in [0.5, 0.6) is 0 Å². The third-order valence-electron chi connectivity index (χ3n) is 3.05. The molecule has 0 spiro atoms. The van der Waals surface area contributed by atoms with E-state index in [1.54, 1.807) is 6.08 Å². The Morgan fingerprint density at radius 2 is 1.80 bits per heavy atom. The zero-order valence-electron chi connectivity index (χ0n) is 11.3. The predicted octanol–water partition coefficient (Wildman–Crippen LogP) is 2.84. The monoisotopic (exact) mass is 266 g/mol. The van der Waals surface area contributed by atoms with E-state index in [0.717, 1.165) is 16.8 Å². The molecule has 0 bridgehead atoms. The molecule has 0 aromatic heterocycles. The van der Waals surface area contributed by atoms with Gasteiger partial charge in [-0.25, -0.2) is 0 Å². The van der Waals surface area contributed by atoms with Crippen molar-refractivity contribution < 1.29 is 4.79 Å². The first-order valence-corrected chi connectivity index (χ1v) is 6.52. The average molecular weight is 266 g/mol. The van der Waals surface area contributed by atoms with Gasteiger partial charge in [0.15, 0.2) is 0 Å². The molecule has 0 saturated carbocycles. The average Bonchev–Trinajstić information content (AvgIpc) is 2.49. The van der Waals surface area contributed by atoms with E-state index in [9.17, 15) is 4.79 Å². The molecule has 2 aromatic carbocycles. The zero-order chi connectivity index (χ0) is 14.4. The number of hydrogen-bond acceptors (Lipinski definition) is 2. The van der Waals surface area contributed by atoms with Gasteiger partial charge in [-0.2, -0.15) is 0 Å². The molecule has 2 rings (SSSR count). The summed E-state index contributed by atoms with van der Waals surface area (Å²) < 4.78 is 0. The number of carbonyl (C=O) groups is 1. The number of nitrogens with one attached hydrogen (secondary N) is 1. The Morgan fingerprint density at radius 1 is 1.15 bits per heavy atom. The molecule has 0 heterocycles. The van der Waals surface area contributed by atoms with Crippen molar-refractivity contribution >= 4 is 17.7 Å². The highest BCUT2D eigenvalue weighted by Gasteiger charge is 2.13. The normalized spacial score (nSPS) is 11.7. The number of benzene rings is 2. The van der Waals surface area contributed by atoms with Gasteiger partial charge in [-0.15, -0.1) is 0 Å². The zero-order valence-corrected chi connectivity index (χ0v) is 11.3. The van der Waals surface area contributed by atoms with Crippen molar-refractivity contribution in [1.29, 1.82) is 0 Å². The summed E-state index contributed by atoms with van der Waals surface area (Å²) in [5, 5.41) is 2.82. The molecule has 1 atom stereocenters. The molecular formula is C17H18N2O. The van der Waals surface area contributed by atoms with Gasteiger partial charge in [0.1, 0.15) is 0 Å². The predicted molar refractivity (Wildman–Crippen MR) is 83.3 cm³/mol. The van der Waals surface area contributed by atoms with E-state index in [0.29, 0.717) is 6.42 Å². The molecule has 0 aliphatic rings. The van der Waals surface area contributed by atoms with Crippen LogP contribution in [0.15, 0.2) is 61.2 Å². The largest absolute Gasteiger partial charge is 0.325 e. The van der Waals surface area contributed by atoms with Gasteiger partial charge in [-0.3, -0.25) is 4.79 Å². The van der Waals surface area contributed by atoms with Gasteiger partial charge in [0.2, 0.25) is 5.91 Å². The summed E-state index contributed by atoms with van der Waals surface area (Å²) in [5.74, 6) is -0.180. The molecule has 102 valence electrons. The maximum atomic E-state index is 12.0. The molecule has 3 heteroatoms. The molecule has 2 aromatic rings. The number of hydrogen-bond donors (Lipinski definition) is 2. The Labute approximate surface area is 119 Å². The Morgan fingerprint density at radius 3 is 2.40 bits per heavy atom. The Kier molecular flexibility index (Phi) is 4.69. The van der Waals surface area contributed by atoms with Crippen LogP contribution in [0, 0.1) is 0 Å². The fraction of sp³-hybridized carbons (Fsp3) is 0.118. The second-order valence-corrected chi connectivity index (χ2v) is 4.61. The summed E-state index contributed by atoms with van der Waals surface area (Å²) in [7, 11) is 0. The molecule has 0 unspecified atom stereocenters. The minimum atomic E-state index is -0.559. The summed E-state index contributed by atoms with van der Waals surface area (Å²) in [6.07, 6.45) is 2.28. The minimum absolute atomic E-state index is 0.180. The third-order valence-corrected chi connectivity index (χ3v) is 3.05.